The average Bonchev–Trinajstić information content (AvgIpc) is 3.42. The Bertz CT molecular complexity index is 1670. The van der Waals surface area contributed by atoms with Gasteiger partial charge < -0.3 is 18.9 Å². The average molecular weight is 1140 g/mol. The minimum atomic E-state index is -4.40. The molecule has 0 saturated heterocycles. The molecule has 0 bridgehead atoms. The van der Waals surface area contributed by atoms with Gasteiger partial charge in [0, 0.05) is 12.8 Å². The summed E-state index contributed by atoms with van der Waals surface area (Å²) in [6, 6.07) is 0. The lowest BCUT2D eigenvalue weighted by atomic mass is 10.0. The first-order chi connectivity index (χ1) is 39.0. The van der Waals surface area contributed by atoms with Crippen LogP contribution in [-0.2, 0) is 32.7 Å². The molecular formula is C70H125NO8P+. The van der Waals surface area contributed by atoms with E-state index in [4.69, 9.17) is 18.5 Å². The smallest absolute Gasteiger partial charge is 0.462 e. The lowest BCUT2D eigenvalue weighted by Crippen LogP contribution is -2.37. The lowest BCUT2D eigenvalue weighted by molar-refractivity contribution is -0.870. The van der Waals surface area contributed by atoms with E-state index >= 15 is 0 Å². The van der Waals surface area contributed by atoms with Crippen LogP contribution in [0.1, 0.15) is 284 Å². The molecular weight excluding hydrogens is 1010 g/mol. The van der Waals surface area contributed by atoms with E-state index in [1.165, 1.54) is 161 Å². The van der Waals surface area contributed by atoms with E-state index < -0.39 is 26.5 Å². The number of likely N-dealkylation sites (N-methyl/N-ethyl adjacent to an activating group) is 1. The van der Waals surface area contributed by atoms with Gasteiger partial charge in [-0.25, -0.2) is 4.57 Å². The third kappa shape index (κ3) is 64.1. The van der Waals surface area contributed by atoms with Crippen molar-refractivity contribution in [2.24, 2.45) is 0 Å². The maximum Gasteiger partial charge on any atom is 0.472 e. The fourth-order valence-electron chi connectivity index (χ4n) is 9.05. The number of rotatable bonds is 60. The van der Waals surface area contributed by atoms with Crippen molar-refractivity contribution in [3.05, 3.63) is 97.2 Å². The number of hydrogen-bond donors (Lipinski definition) is 1. The highest BCUT2D eigenvalue weighted by molar-refractivity contribution is 7.47. The van der Waals surface area contributed by atoms with Crippen molar-refractivity contribution in [3.8, 4) is 0 Å². The molecule has 0 saturated carbocycles. The van der Waals surface area contributed by atoms with E-state index in [2.05, 4.69) is 111 Å². The van der Waals surface area contributed by atoms with Crippen molar-refractivity contribution in [1.82, 2.24) is 0 Å². The van der Waals surface area contributed by atoms with Crippen molar-refractivity contribution >= 4 is 19.8 Å². The first-order valence-corrected chi connectivity index (χ1v) is 34.5. The molecule has 0 fully saturated rings. The molecule has 0 aromatic heterocycles. The van der Waals surface area contributed by atoms with Crippen molar-refractivity contribution in [2.75, 3.05) is 47.5 Å². The Kier molecular flexibility index (Phi) is 58.2. The van der Waals surface area contributed by atoms with Gasteiger partial charge in [-0.2, -0.15) is 0 Å². The zero-order valence-corrected chi connectivity index (χ0v) is 53.4. The van der Waals surface area contributed by atoms with Crippen molar-refractivity contribution < 1.29 is 42.1 Å². The number of unbranched alkanes of at least 4 members (excludes halogenated alkanes) is 30. The summed E-state index contributed by atoms with van der Waals surface area (Å²) in [4.78, 5) is 35.8. The SMILES string of the molecule is CC/C=C\C/C=C\C/C=C\C/C=C\C/C=C\CCCCCCCCCCCCCCCCCCCCCC(=O)OC(COC(=O)CCCCCCCC/C=C\C/C=C\C/C=C\CCCCCCC)COP(=O)(O)OCC[N+](C)(C)C. The molecule has 2 unspecified atom stereocenters. The Balaban J connectivity index is 4.05. The Morgan fingerprint density at radius 3 is 1.06 bits per heavy atom. The monoisotopic (exact) mass is 1140 g/mol. The molecule has 10 heteroatoms. The second kappa shape index (κ2) is 60.5. The molecule has 9 nitrogen and oxygen atoms in total. The van der Waals surface area contributed by atoms with E-state index in [1.807, 2.05) is 21.1 Å². The van der Waals surface area contributed by atoms with Crippen LogP contribution in [0.2, 0.25) is 0 Å². The van der Waals surface area contributed by atoms with Gasteiger partial charge in [-0.3, -0.25) is 18.6 Å². The van der Waals surface area contributed by atoms with Gasteiger partial charge in [-0.05, 0) is 96.3 Å². The van der Waals surface area contributed by atoms with Crippen LogP contribution < -0.4 is 0 Å². The molecule has 0 spiro atoms. The van der Waals surface area contributed by atoms with Gasteiger partial charge in [0.2, 0.25) is 0 Å². The molecule has 0 aliphatic rings. The summed E-state index contributed by atoms with van der Waals surface area (Å²) in [7, 11) is 1.47. The van der Waals surface area contributed by atoms with Gasteiger partial charge in [0.1, 0.15) is 19.8 Å². The van der Waals surface area contributed by atoms with Crippen molar-refractivity contribution in [3.63, 3.8) is 0 Å². The minimum Gasteiger partial charge on any atom is -0.462 e. The number of allylic oxidation sites excluding steroid dienone is 16. The molecule has 1 N–H and O–H groups in total. The van der Waals surface area contributed by atoms with E-state index in [1.54, 1.807) is 0 Å². The zero-order valence-electron chi connectivity index (χ0n) is 52.5. The predicted molar refractivity (Wildman–Crippen MR) is 344 cm³/mol. The number of phosphoric ester groups is 1. The largest absolute Gasteiger partial charge is 0.472 e. The van der Waals surface area contributed by atoms with Crippen molar-refractivity contribution in [1.29, 1.82) is 0 Å². The molecule has 0 rings (SSSR count). The molecule has 0 aliphatic heterocycles. The summed E-state index contributed by atoms with van der Waals surface area (Å²) in [5, 5.41) is 0. The number of quaternary nitrogens is 1. The van der Waals surface area contributed by atoms with Gasteiger partial charge in [0.05, 0.1) is 27.7 Å². The fraction of sp³-hybridized carbons (Fsp3) is 0.743. The summed E-state index contributed by atoms with van der Waals surface area (Å²) >= 11 is 0. The molecule has 0 aromatic carbocycles. The van der Waals surface area contributed by atoms with Crippen LogP contribution in [0, 0.1) is 0 Å². The van der Waals surface area contributed by atoms with E-state index in [0.29, 0.717) is 17.4 Å². The van der Waals surface area contributed by atoms with Crippen LogP contribution in [0.3, 0.4) is 0 Å². The van der Waals surface area contributed by atoms with E-state index in [0.717, 1.165) is 89.9 Å². The Morgan fingerprint density at radius 1 is 0.400 bits per heavy atom. The third-order valence-electron chi connectivity index (χ3n) is 14.1. The van der Waals surface area contributed by atoms with Gasteiger partial charge in [-0.1, -0.05) is 272 Å². The van der Waals surface area contributed by atoms with Crippen LogP contribution >= 0.6 is 7.82 Å². The quantitative estimate of drug-likeness (QED) is 0.0211. The Labute approximate surface area is 493 Å². The maximum absolute atomic E-state index is 12.9. The molecule has 462 valence electrons. The molecule has 0 heterocycles. The molecule has 0 aliphatic carbocycles. The lowest BCUT2D eigenvalue weighted by Gasteiger charge is -2.24. The Hall–Kier alpha value is -3.07. The minimum absolute atomic E-state index is 0.0270. The number of ether oxygens (including phenoxy) is 2. The first kappa shape index (κ1) is 76.9. The van der Waals surface area contributed by atoms with Gasteiger partial charge in [0.15, 0.2) is 6.10 Å². The first-order valence-electron chi connectivity index (χ1n) is 33.0. The molecule has 0 aromatic rings. The second-order valence-electron chi connectivity index (χ2n) is 23.1. The standard InChI is InChI=1S/C70H124NO8P/c1-6-8-10-12-14-16-18-20-22-24-26-28-29-30-31-32-33-34-35-36-37-38-39-40-41-43-45-47-49-51-53-55-57-59-61-63-70(73)79-68(67-78-80(74,75)77-65-64-71(3,4)5)66-76-69(72)62-60-58-56-54-52-50-48-46-44-42-27-25-23-21-19-17-15-13-11-9-7-2/h8,10,14,16,19-22,25-28,30-31,44,46,68H,6-7,9,11-13,15,17-18,23-24,29,32-43,45,47-67H2,1-5H3/p+1/b10-8-,16-14-,21-19-,22-20-,27-25-,28-26-,31-30-,46-44-. The summed E-state index contributed by atoms with van der Waals surface area (Å²) in [5.41, 5.74) is 0. The van der Waals surface area contributed by atoms with Crippen LogP contribution in [0.25, 0.3) is 0 Å². The highest BCUT2D eigenvalue weighted by Crippen LogP contribution is 2.43. The van der Waals surface area contributed by atoms with Gasteiger partial charge in [0.25, 0.3) is 0 Å². The zero-order chi connectivity index (χ0) is 58.4. The van der Waals surface area contributed by atoms with E-state index in [9.17, 15) is 19.0 Å². The van der Waals surface area contributed by atoms with Gasteiger partial charge in [-0.15, -0.1) is 0 Å². The molecule has 80 heavy (non-hydrogen) atoms. The second-order valence-corrected chi connectivity index (χ2v) is 24.6. The molecule has 0 radical (unpaired) electrons. The maximum atomic E-state index is 12.9. The molecule has 0 amide bonds. The number of carbonyl (C=O) groups is 2. The summed E-state index contributed by atoms with van der Waals surface area (Å²) < 4.78 is 34.7. The number of esters is 2. The Morgan fingerprint density at radius 2 is 0.713 bits per heavy atom. The summed E-state index contributed by atoms with van der Waals surface area (Å²) in [5.74, 6) is -0.806. The predicted octanol–water partition coefficient (Wildman–Crippen LogP) is 21.2. The summed E-state index contributed by atoms with van der Waals surface area (Å²) in [6.45, 7) is 4.31. The highest BCUT2D eigenvalue weighted by Gasteiger charge is 2.27. The van der Waals surface area contributed by atoms with Gasteiger partial charge >= 0.3 is 19.8 Å². The fourth-order valence-corrected chi connectivity index (χ4v) is 9.79. The number of phosphoric acid groups is 1. The summed E-state index contributed by atoms with van der Waals surface area (Å²) in [6.07, 6.45) is 83.6. The van der Waals surface area contributed by atoms with Crippen molar-refractivity contribution in [2.45, 2.75) is 290 Å². The van der Waals surface area contributed by atoms with Crippen LogP contribution in [0.4, 0.5) is 0 Å². The normalized spacial score (nSPS) is 13.8. The number of nitrogens with zero attached hydrogens (tertiary/aromatic N) is 1. The third-order valence-corrected chi connectivity index (χ3v) is 15.1. The highest BCUT2D eigenvalue weighted by atomic mass is 31.2. The van der Waals surface area contributed by atoms with Crippen LogP contribution in [-0.4, -0.2) is 74.9 Å². The topological polar surface area (TPSA) is 108 Å². The number of hydrogen-bond acceptors (Lipinski definition) is 7. The molecule has 2 atom stereocenters. The van der Waals surface area contributed by atoms with Crippen LogP contribution in [0.15, 0.2) is 97.2 Å². The number of carbonyl (C=O) groups excluding carboxylic acids is 2. The van der Waals surface area contributed by atoms with E-state index in [-0.39, 0.29) is 32.0 Å². The van der Waals surface area contributed by atoms with Crippen LogP contribution in [0.5, 0.6) is 0 Å².